The van der Waals surface area contributed by atoms with Gasteiger partial charge < -0.3 is 15.2 Å². The third-order valence-corrected chi connectivity index (χ3v) is 2.50. The molecular weight excluding hydrogens is 182 g/mol. The molecule has 1 atom stereocenters. The molecule has 4 heteroatoms. The predicted octanol–water partition coefficient (Wildman–Crippen LogP) is 0.866. The Morgan fingerprint density at radius 2 is 2.21 bits per heavy atom. The van der Waals surface area contributed by atoms with Gasteiger partial charge in [-0.05, 0) is 25.3 Å². The fraction of sp³-hybridized carbons (Fsp3) is 0.900. The van der Waals surface area contributed by atoms with E-state index in [9.17, 15) is 4.79 Å². The van der Waals surface area contributed by atoms with E-state index in [0.29, 0.717) is 6.04 Å². The first-order chi connectivity index (χ1) is 6.68. The highest BCUT2D eigenvalue weighted by atomic mass is 16.5. The highest BCUT2D eigenvalue weighted by molar-refractivity contribution is 5.66. The minimum atomic E-state index is -0.716. The van der Waals surface area contributed by atoms with Crippen LogP contribution in [0.5, 0.6) is 0 Å². The molecule has 0 aliphatic carbocycles. The molecule has 14 heavy (non-hydrogen) atoms. The van der Waals surface area contributed by atoms with Gasteiger partial charge in [-0.15, -0.1) is 0 Å². The highest BCUT2D eigenvalue weighted by Crippen LogP contribution is 2.07. The smallest absolute Gasteiger partial charge is 0.303 e. The quantitative estimate of drug-likeness (QED) is 0.693. The van der Waals surface area contributed by atoms with E-state index in [1.807, 2.05) is 6.92 Å². The van der Waals surface area contributed by atoms with E-state index in [0.717, 1.165) is 32.6 Å². The van der Waals surface area contributed by atoms with Crippen molar-refractivity contribution in [3.8, 4) is 0 Å². The van der Waals surface area contributed by atoms with Crippen molar-refractivity contribution in [1.29, 1.82) is 0 Å². The van der Waals surface area contributed by atoms with Crippen LogP contribution in [0.1, 0.15) is 26.2 Å². The molecule has 1 rings (SSSR count). The summed E-state index contributed by atoms with van der Waals surface area (Å²) in [4.78, 5) is 10.4. The van der Waals surface area contributed by atoms with Gasteiger partial charge >= 0.3 is 5.97 Å². The Morgan fingerprint density at radius 3 is 2.79 bits per heavy atom. The van der Waals surface area contributed by atoms with E-state index < -0.39 is 5.97 Å². The van der Waals surface area contributed by atoms with Crippen LogP contribution in [0.2, 0.25) is 0 Å². The number of rotatable bonds is 5. The Labute approximate surface area is 84.6 Å². The average Bonchev–Trinajstić information content (AvgIpc) is 2.15. The Morgan fingerprint density at radius 1 is 1.57 bits per heavy atom. The Bertz CT molecular complexity index is 178. The zero-order chi connectivity index (χ0) is 10.4. The minimum Gasteiger partial charge on any atom is -0.481 e. The van der Waals surface area contributed by atoms with Crippen molar-refractivity contribution in [2.75, 3.05) is 19.8 Å². The van der Waals surface area contributed by atoms with E-state index >= 15 is 0 Å². The molecular formula is C10H19NO3. The number of aliphatic carboxylic acids is 1. The standard InChI is InChI=1S/C10H19NO3/c1-8(6-10(12)13)7-11-9-2-4-14-5-3-9/h8-9,11H,2-7H2,1H3,(H,12,13). The van der Waals surface area contributed by atoms with Gasteiger partial charge in [-0.2, -0.15) is 0 Å². The molecule has 0 aromatic carbocycles. The first-order valence-corrected chi connectivity index (χ1v) is 5.21. The fourth-order valence-electron chi connectivity index (χ4n) is 1.64. The first-order valence-electron chi connectivity index (χ1n) is 5.21. The van der Waals surface area contributed by atoms with Crippen LogP contribution in [0.4, 0.5) is 0 Å². The molecule has 0 aromatic rings. The molecule has 0 aromatic heterocycles. The number of carboxylic acids is 1. The van der Waals surface area contributed by atoms with Gasteiger partial charge in [-0.1, -0.05) is 6.92 Å². The Balaban J connectivity index is 2.09. The summed E-state index contributed by atoms with van der Waals surface area (Å²) in [6, 6.07) is 0.514. The van der Waals surface area contributed by atoms with E-state index in [1.165, 1.54) is 0 Å². The van der Waals surface area contributed by atoms with E-state index in [2.05, 4.69) is 5.32 Å². The van der Waals surface area contributed by atoms with Gasteiger partial charge in [0.2, 0.25) is 0 Å². The molecule has 1 saturated heterocycles. The zero-order valence-electron chi connectivity index (χ0n) is 8.66. The van der Waals surface area contributed by atoms with Crippen LogP contribution in [-0.2, 0) is 9.53 Å². The van der Waals surface area contributed by atoms with Crippen LogP contribution < -0.4 is 5.32 Å². The Kier molecular flexibility index (Phi) is 4.90. The fourth-order valence-corrected chi connectivity index (χ4v) is 1.64. The van der Waals surface area contributed by atoms with Crippen LogP contribution in [0.25, 0.3) is 0 Å². The molecule has 1 aliphatic rings. The van der Waals surface area contributed by atoms with Crippen molar-refractivity contribution in [1.82, 2.24) is 5.32 Å². The summed E-state index contributed by atoms with van der Waals surface area (Å²) in [5.41, 5.74) is 0. The molecule has 0 saturated carbocycles. The normalized spacial score (nSPS) is 20.6. The summed E-state index contributed by atoms with van der Waals surface area (Å²) in [7, 11) is 0. The summed E-state index contributed by atoms with van der Waals surface area (Å²) < 4.78 is 5.24. The summed E-state index contributed by atoms with van der Waals surface area (Å²) in [6.45, 7) is 4.40. The van der Waals surface area contributed by atoms with Gasteiger partial charge in [0.1, 0.15) is 0 Å². The van der Waals surface area contributed by atoms with Crippen molar-refractivity contribution < 1.29 is 14.6 Å². The molecule has 0 spiro atoms. The van der Waals surface area contributed by atoms with Crippen LogP contribution in [0.3, 0.4) is 0 Å². The van der Waals surface area contributed by atoms with Crippen LogP contribution in [0.15, 0.2) is 0 Å². The van der Waals surface area contributed by atoms with Crippen molar-refractivity contribution in [3.63, 3.8) is 0 Å². The summed E-state index contributed by atoms with van der Waals surface area (Å²) in [5, 5.41) is 12.0. The maximum atomic E-state index is 10.4. The second-order valence-electron chi connectivity index (χ2n) is 4.00. The lowest BCUT2D eigenvalue weighted by Gasteiger charge is -2.24. The topological polar surface area (TPSA) is 58.6 Å². The first kappa shape index (κ1) is 11.5. The second-order valence-corrected chi connectivity index (χ2v) is 4.00. The number of hydrogen-bond donors (Lipinski definition) is 2. The lowest BCUT2D eigenvalue weighted by atomic mass is 10.1. The lowest BCUT2D eigenvalue weighted by Crippen LogP contribution is -2.37. The van der Waals surface area contributed by atoms with Gasteiger partial charge in [-0.25, -0.2) is 0 Å². The molecule has 0 bridgehead atoms. The molecule has 0 radical (unpaired) electrons. The number of hydrogen-bond acceptors (Lipinski definition) is 3. The highest BCUT2D eigenvalue weighted by Gasteiger charge is 2.14. The lowest BCUT2D eigenvalue weighted by molar-refractivity contribution is -0.137. The zero-order valence-corrected chi connectivity index (χ0v) is 8.66. The maximum absolute atomic E-state index is 10.4. The third-order valence-electron chi connectivity index (χ3n) is 2.50. The van der Waals surface area contributed by atoms with Crippen molar-refractivity contribution in [2.45, 2.75) is 32.2 Å². The minimum absolute atomic E-state index is 0.204. The van der Waals surface area contributed by atoms with Crippen LogP contribution in [-0.4, -0.2) is 36.9 Å². The molecule has 1 fully saturated rings. The molecule has 1 heterocycles. The number of nitrogens with one attached hydrogen (secondary N) is 1. The largest absolute Gasteiger partial charge is 0.481 e. The second kappa shape index (κ2) is 5.98. The summed E-state index contributed by atoms with van der Waals surface area (Å²) in [5.74, 6) is -0.512. The monoisotopic (exact) mass is 201 g/mol. The number of ether oxygens (including phenoxy) is 1. The summed E-state index contributed by atoms with van der Waals surface area (Å²) in [6.07, 6.45) is 2.33. The SMILES string of the molecule is CC(CNC1CCOCC1)CC(=O)O. The van der Waals surface area contributed by atoms with Gasteiger partial charge in [-0.3, -0.25) is 4.79 Å². The molecule has 2 N–H and O–H groups in total. The predicted molar refractivity (Wildman–Crippen MR) is 53.3 cm³/mol. The van der Waals surface area contributed by atoms with Gasteiger partial charge in [0.25, 0.3) is 0 Å². The molecule has 82 valence electrons. The van der Waals surface area contributed by atoms with Crippen molar-refractivity contribution in [2.24, 2.45) is 5.92 Å². The number of carbonyl (C=O) groups is 1. The van der Waals surface area contributed by atoms with Gasteiger partial charge in [0.15, 0.2) is 0 Å². The van der Waals surface area contributed by atoms with Crippen LogP contribution in [0, 0.1) is 5.92 Å². The molecule has 0 amide bonds. The molecule has 4 nitrogen and oxygen atoms in total. The molecule has 1 unspecified atom stereocenters. The van der Waals surface area contributed by atoms with Crippen LogP contribution >= 0.6 is 0 Å². The number of carboxylic acid groups (broad SMARTS) is 1. The third kappa shape index (κ3) is 4.58. The van der Waals surface area contributed by atoms with Gasteiger partial charge in [0, 0.05) is 25.7 Å². The Hall–Kier alpha value is -0.610. The van der Waals surface area contributed by atoms with E-state index in [1.54, 1.807) is 0 Å². The van der Waals surface area contributed by atoms with E-state index in [4.69, 9.17) is 9.84 Å². The molecule has 1 aliphatic heterocycles. The van der Waals surface area contributed by atoms with E-state index in [-0.39, 0.29) is 12.3 Å². The van der Waals surface area contributed by atoms with Gasteiger partial charge in [0.05, 0.1) is 0 Å². The summed E-state index contributed by atoms with van der Waals surface area (Å²) >= 11 is 0. The average molecular weight is 201 g/mol. The van der Waals surface area contributed by atoms with Crippen molar-refractivity contribution in [3.05, 3.63) is 0 Å². The van der Waals surface area contributed by atoms with Crippen molar-refractivity contribution >= 4 is 5.97 Å². The maximum Gasteiger partial charge on any atom is 0.303 e.